The molecular formula is C3H3F3O4S. The number of hydrogen-bond donors (Lipinski definition) is 1. The van der Waals surface area contributed by atoms with Gasteiger partial charge in [-0.25, -0.2) is 0 Å². The SMILES string of the molecule is C=C(OS(=O)(=O)O)C(F)(F)F. The third-order valence-electron chi connectivity index (χ3n) is 0.522. The molecule has 0 heterocycles. The van der Waals surface area contributed by atoms with Crippen molar-refractivity contribution in [3.05, 3.63) is 12.3 Å². The van der Waals surface area contributed by atoms with E-state index in [-0.39, 0.29) is 0 Å². The monoisotopic (exact) mass is 192 g/mol. The van der Waals surface area contributed by atoms with Gasteiger partial charge in [0.1, 0.15) is 0 Å². The summed E-state index contributed by atoms with van der Waals surface area (Å²) in [5, 5.41) is 0. The Hall–Kier alpha value is -0.760. The first kappa shape index (κ1) is 10.2. The average molecular weight is 192 g/mol. The molecule has 0 saturated carbocycles. The maximum Gasteiger partial charge on any atom is 0.450 e. The molecule has 0 aromatic carbocycles. The van der Waals surface area contributed by atoms with Gasteiger partial charge in [-0.1, -0.05) is 0 Å². The fourth-order valence-corrected chi connectivity index (χ4v) is 0.523. The first-order valence-corrected chi connectivity index (χ1v) is 3.42. The second-order valence-electron chi connectivity index (χ2n) is 1.43. The average Bonchev–Trinajstić information content (AvgIpc) is 1.56. The van der Waals surface area contributed by atoms with Gasteiger partial charge in [0.2, 0.25) is 5.76 Å². The van der Waals surface area contributed by atoms with Gasteiger partial charge in [-0.3, -0.25) is 4.55 Å². The minimum absolute atomic E-state index is 1.99. The Morgan fingerprint density at radius 2 is 1.82 bits per heavy atom. The first-order valence-electron chi connectivity index (χ1n) is 2.06. The Morgan fingerprint density at radius 1 is 1.45 bits per heavy atom. The van der Waals surface area contributed by atoms with Crippen LogP contribution in [0.25, 0.3) is 0 Å². The van der Waals surface area contributed by atoms with Crippen LogP contribution in [0.1, 0.15) is 0 Å². The molecule has 0 aromatic rings. The lowest BCUT2D eigenvalue weighted by atomic mass is 10.6. The largest absolute Gasteiger partial charge is 0.450 e. The van der Waals surface area contributed by atoms with Crippen molar-refractivity contribution >= 4 is 10.4 Å². The molecule has 11 heavy (non-hydrogen) atoms. The topological polar surface area (TPSA) is 63.6 Å². The maximum absolute atomic E-state index is 11.4. The molecule has 4 nitrogen and oxygen atoms in total. The Balaban J connectivity index is 4.35. The zero-order valence-corrected chi connectivity index (χ0v) is 5.74. The van der Waals surface area contributed by atoms with Crippen LogP contribution in [0.5, 0.6) is 0 Å². The highest BCUT2D eigenvalue weighted by atomic mass is 32.3. The molecule has 0 atom stereocenters. The summed E-state index contributed by atoms with van der Waals surface area (Å²) >= 11 is 0. The maximum atomic E-state index is 11.4. The van der Waals surface area contributed by atoms with Crippen LogP contribution in [0.2, 0.25) is 0 Å². The fraction of sp³-hybridized carbons (Fsp3) is 0.333. The Kier molecular flexibility index (Phi) is 2.51. The molecule has 0 aliphatic carbocycles. The van der Waals surface area contributed by atoms with Crippen molar-refractivity contribution in [2.24, 2.45) is 0 Å². The number of alkyl halides is 3. The predicted octanol–water partition coefficient (Wildman–Crippen LogP) is 0.882. The summed E-state index contributed by atoms with van der Waals surface area (Å²) in [5.41, 5.74) is 0. The van der Waals surface area contributed by atoms with Crippen molar-refractivity contribution in [3.63, 3.8) is 0 Å². The molecule has 0 aliphatic heterocycles. The van der Waals surface area contributed by atoms with Gasteiger partial charge in [0.25, 0.3) is 0 Å². The molecule has 8 heteroatoms. The van der Waals surface area contributed by atoms with Crippen LogP contribution < -0.4 is 0 Å². The van der Waals surface area contributed by atoms with Crippen LogP contribution in [0.3, 0.4) is 0 Å². The van der Waals surface area contributed by atoms with E-state index >= 15 is 0 Å². The van der Waals surface area contributed by atoms with Crippen molar-refractivity contribution in [3.8, 4) is 0 Å². The molecule has 0 aromatic heterocycles. The zero-order valence-electron chi connectivity index (χ0n) is 4.92. The van der Waals surface area contributed by atoms with Crippen molar-refractivity contribution in [2.45, 2.75) is 6.18 Å². The second-order valence-corrected chi connectivity index (χ2v) is 2.45. The van der Waals surface area contributed by atoms with Crippen LogP contribution in [0.4, 0.5) is 13.2 Å². The van der Waals surface area contributed by atoms with Gasteiger partial charge >= 0.3 is 16.6 Å². The Morgan fingerprint density at radius 3 is 1.91 bits per heavy atom. The molecule has 66 valence electrons. The van der Waals surface area contributed by atoms with Crippen LogP contribution >= 0.6 is 0 Å². The smallest absolute Gasteiger partial charge is 0.357 e. The normalized spacial score (nSPS) is 12.7. The minimum atomic E-state index is -5.13. The number of allylic oxidation sites excluding steroid dienone is 1. The molecule has 1 N–H and O–H groups in total. The molecule has 0 bridgehead atoms. The summed E-state index contributed by atoms with van der Waals surface area (Å²) in [6.07, 6.45) is -4.99. The molecule has 0 unspecified atom stereocenters. The lowest BCUT2D eigenvalue weighted by molar-refractivity contribution is -0.116. The third kappa shape index (κ3) is 4.62. The molecule has 0 fully saturated rings. The van der Waals surface area contributed by atoms with E-state index in [1.807, 2.05) is 0 Å². The molecular weight excluding hydrogens is 189 g/mol. The van der Waals surface area contributed by atoms with Gasteiger partial charge in [0, 0.05) is 0 Å². The summed E-state index contributed by atoms with van der Waals surface area (Å²) in [6.45, 7) is 2.22. The summed E-state index contributed by atoms with van der Waals surface area (Å²) in [6, 6.07) is 0. The van der Waals surface area contributed by atoms with E-state index in [1.54, 1.807) is 0 Å². The Bertz CT molecular complexity index is 250. The summed E-state index contributed by atoms with van der Waals surface area (Å²) < 4.78 is 64.2. The van der Waals surface area contributed by atoms with E-state index in [4.69, 9.17) is 4.55 Å². The molecule has 0 amide bonds. The fourth-order valence-electron chi connectivity index (χ4n) is 0.174. The van der Waals surface area contributed by atoms with Gasteiger partial charge in [0.05, 0.1) is 0 Å². The van der Waals surface area contributed by atoms with E-state index in [9.17, 15) is 21.6 Å². The van der Waals surface area contributed by atoms with Crippen molar-refractivity contribution in [1.82, 2.24) is 0 Å². The van der Waals surface area contributed by atoms with Gasteiger partial charge in [-0.2, -0.15) is 21.6 Å². The van der Waals surface area contributed by atoms with Crippen LogP contribution in [-0.2, 0) is 14.6 Å². The molecule has 0 spiro atoms. The minimum Gasteiger partial charge on any atom is -0.357 e. The summed E-state index contributed by atoms with van der Waals surface area (Å²) in [7, 11) is -5.13. The van der Waals surface area contributed by atoms with Crippen molar-refractivity contribution in [2.75, 3.05) is 0 Å². The highest BCUT2D eigenvalue weighted by molar-refractivity contribution is 7.81. The van der Waals surface area contributed by atoms with E-state index in [2.05, 4.69) is 10.8 Å². The highest BCUT2D eigenvalue weighted by Gasteiger charge is 2.36. The van der Waals surface area contributed by atoms with Crippen LogP contribution in [-0.4, -0.2) is 19.1 Å². The van der Waals surface area contributed by atoms with Crippen molar-refractivity contribution < 1.29 is 30.3 Å². The lowest BCUT2D eigenvalue weighted by Gasteiger charge is -2.07. The van der Waals surface area contributed by atoms with Gasteiger partial charge in [-0.15, -0.1) is 0 Å². The highest BCUT2D eigenvalue weighted by Crippen LogP contribution is 2.25. The quantitative estimate of drug-likeness (QED) is 0.521. The predicted molar refractivity (Wildman–Crippen MR) is 27.8 cm³/mol. The summed E-state index contributed by atoms with van der Waals surface area (Å²) in [5.74, 6) is -1.99. The zero-order chi connectivity index (χ0) is 9.28. The summed E-state index contributed by atoms with van der Waals surface area (Å²) in [4.78, 5) is 0. The number of halogens is 3. The van der Waals surface area contributed by atoms with Crippen molar-refractivity contribution in [1.29, 1.82) is 0 Å². The number of hydrogen-bond acceptors (Lipinski definition) is 3. The first-order chi connectivity index (χ1) is 4.63. The van der Waals surface area contributed by atoms with Gasteiger partial charge in [-0.05, 0) is 6.58 Å². The van der Waals surface area contributed by atoms with Gasteiger partial charge in [0.15, 0.2) is 0 Å². The molecule has 0 saturated heterocycles. The molecule has 0 rings (SSSR count). The van der Waals surface area contributed by atoms with Crippen LogP contribution in [0.15, 0.2) is 12.3 Å². The Labute approximate surface area is 60.2 Å². The van der Waals surface area contributed by atoms with E-state index in [0.29, 0.717) is 0 Å². The van der Waals surface area contributed by atoms with Crippen LogP contribution in [0, 0.1) is 0 Å². The lowest BCUT2D eigenvalue weighted by Crippen LogP contribution is -2.16. The third-order valence-corrected chi connectivity index (χ3v) is 0.934. The molecule has 0 aliphatic rings. The van der Waals surface area contributed by atoms with E-state index < -0.39 is 22.3 Å². The number of rotatable bonds is 2. The van der Waals surface area contributed by atoms with Gasteiger partial charge < -0.3 is 4.18 Å². The molecule has 0 radical (unpaired) electrons. The van der Waals surface area contributed by atoms with E-state index in [0.717, 1.165) is 0 Å². The van der Waals surface area contributed by atoms with E-state index in [1.165, 1.54) is 0 Å². The standard InChI is InChI=1S/C3H3F3O4S/c1-2(3(4,5)6)10-11(7,8)9/h1H2,(H,7,8,9). The second kappa shape index (κ2) is 2.70.